The van der Waals surface area contributed by atoms with Gasteiger partial charge in [0, 0.05) is 12.6 Å². The Morgan fingerprint density at radius 2 is 1.93 bits per heavy atom. The van der Waals surface area contributed by atoms with E-state index in [2.05, 4.69) is 26.1 Å². The zero-order valence-corrected chi connectivity index (χ0v) is 10.7. The Bertz CT molecular complexity index is 179. The molecule has 0 unspecified atom stereocenters. The lowest BCUT2D eigenvalue weighted by atomic mass is 9.74. The SMILES string of the molecule is CC(C)[C@@H]1CC[C@H](C)C[C@H]1NC[C@H](C)O. The topological polar surface area (TPSA) is 32.3 Å². The molecule has 90 valence electrons. The predicted molar refractivity (Wildman–Crippen MR) is 64.8 cm³/mol. The van der Waals surface area contributed by atoms with Gasteiger partial charge < -0.3 is 10.4 Å². The van der Waals surface area contributed by atoms with E-state index in [9.17, 15) is 5.11 Å². The maximum atomic E-state index is 9.31. The van der Waals surface area contributed by atoms with Crippen molar-refractivity contribution in [1.29, 1.82) is 0 Å². The van der Waals surface area contributed by atoms with Crippen LogP contribution in [0.25, 0.3) is 0 Å². The van der Waals surface area contributed by atoms with Crippen LogP contribution in [0.15, 0.2) is 0 Å². The minimum absolute atomic E-state index is 0.227. The summed E-state index contributed by atoms with van der Waals surface area (Å²) >= 11 is 0. The molecule has 1 saturated carbocycles. The van der Waals surface area contributed by atoms with Crippen molar-refractivity contribution in [2.45, 2.75) is 59.1 Å². The number of aliphatic hydroxyl groups is 1. The van der Waals surface area contributed by atoms with E-state index in [1.54, 1.807) is 0 Å². The highest BCUT2D eigenvalue weighted by atomic mass is 16.3. The summed E-state index contributed by atoms with van der Waals surface area (Å²) in [5.74, 6) is 2.38. The molecule has 2 N–H and O–H groups in total. The van der Waals surface area contributed by atoms with E-state index in [4.69, 9.17) is 0 Å². The van der Waals surface area contributed by atoms with E-state index in [1.165, 1.54) is 19.3 Å². The summed E-state index contributed by atoms with van der Waals surface area (Å²) in [5, 5.41) is 12.8. The van der Waals surface area contributed by atoms with Crippen molar-refractivity contribution in [3.8, 4) is 0 Å². The fourth-order valence-corrected chi connectivity index (χ4v) is 2.76. The average Bonchev–Trinajstić information content (AvgIpc) is 2.14. The monoisotopic (exact) mass is 213 g/mol. The van der Waals surface area contributed by atoms with Crippen LogP contribution in [0.3, 0.4) is 0 Å². The highest BCUT2D eigenvalue weighted by molar-refractivity contribution is 4.85. The number of hydrogen-bond donors (Lipinski definition) is 2. The minimum atomic E-state index is -0.227. The molecule has 1 rings (SSSR count). The molecule has 0 aromatic rings. The first-order chi connectivity index (χ1) is 7.00. The lowest BCUT2D eigenvalue weighted by Crippen LogP contribution is -2.45. The van der Waals surface area contributed by atoms with E-state index in [-0.39, 0.29) is 6.10 Å². The third-order valence-corrected chi connectivity index (χ3v) is 3.70. The van der Waals surface area contributed by atoms with Crippen molar-refractivity contribution >= 4 is 0 Å². The average molecular weight is 213 g/mol. The number of hydrogen-bond acceptors (Lipinski definition) is 2. The molecule has 1 fully saturated rings. The Morgan fingerprint density at radius 3 is 2.47 bits per heavy atom. The maximum Gasteiger partial charge on any atom is 0.0636 e. The first kappa shape index (κ1) is 13.0. The first-order valence-corrected chi connectivity index (χ1v) is 6.42. The summed E-state index contributed by atoms with van der Waals surface area (Å²) in [6.45, 7) is 9.56. The van der Waals surface area contributed by atoms with Crippen molar-refractivity contribution in [3.63, 3.8) is 0 Å². The van der Waals surface area contributed by atoms with Crippen molar-refractivity contribution in [3.05, 3.63) is 0 Å². The Labute approximate surface area is 94.5 Å². The number of aliphatic hydroxyl groups excluding tert-OH is 1. The standard InChI is InChI=1S/C13H27NO/c1-9(2)12-6-5-10(3)7-13(12)14-8-11(4)15/h9-15H,5-8H2,1-4H3/t10-,11-,12-,13+/m0/s1. The largest absolute Gasteiger partial charge is 0.392 e. The molecule has 2 nitrogen and oxygen atoms in total. The zero-order valence-electron chi connectivity index (χ0n) is 10.7. The molecule has 0 aromatic carbocycles. The van der Waals surface area contributed by atoms with Gasteiger partial charge in [0.05, 0.1) is 6.10 Å². The Kier molecular flexibility index (Phi) is 5.07. The van der Waals surface area contributed by atoms with Crippen molar-refractivity contribution in [2.24, 2.45) is 17.8 Å². The van der Waals surface area contributed by atoms with Crippen LogP contribution in [0.4, 0.5) is 0 Å². The van der Waals surface area contributed by atoms with Gasteiger partial charge in [-0.2, -0.15) is 0 Å². The molecule has 1 aliphatic carbocycles. The Hall–Kier alpha value is -0.0800. The van der Waals surface area contributed by atoms with E-state index in [1.807, 2.05) is 6.92 Å². The maximum absolute atomic E-state index is 9.31. The van der Waals surface area contributed by atoms with Crippen LogP contribution in [0.5, 0.6) is 0 Å². The van der Waals surface area contributed by atoms with Gasteiger partial charge in [-0.05, 0) is 37.5 Å². The van der Waals surface area contributed by atoms with Gasteiger partial charge in [-0.3, -0.25) is 0 Å². The zero-order chi connectivity index (χ0) is 11.4. The van der Waals surface area contributed by atoms with Crippen molar-refractivity contribution in [1.82, 2.24) is 5.32 Å². The van der Waals surface area contributed by atoms with Gasteiger partial charge in [0.2, 0.25) is 0 Å². The molecule has 0 aliphatic heterocycles. The lowest BCUT2D eigenvalue weighted by Gasteiger charge is -2.38. The van der Waals surface area contributed by atoms with Crippen LogP contribution >= 0.6 is 0 Å². The molecule has 0 saturated heterocycles. The summed E-state index contributed by atoms with van der Waals surface area (Å²) in [5.41, 5.74) is 0. The van der Waals surface area contributed by atoms with Crippen LogP contribution < -0.4 is 5.32 Å². The van der Waals surface area contributed by atoms with Crippen LogP contribution in [0, 0.1) is 17.8 Å². The predicted octanol–water partition coefficient (Wildman–Crippen LogP) is 2.42. The summed E-state index contributed by atoms with van der Waals surface area (Å²) in [6, 6.07) is 0.614. The van der Waals surface area contributed by atoms with Gasteiger partial charge in [0.15, 0.2) is 0 Å². The van der Waals surface area contributed by atoms with Gasteiger partial charge in [-0.15, -0.1) is 0 Å². The summed E-state index contributed by atoms with van der Waals surface area (Å²) in [4.78, 5) is 0. The quantitative estimate of drug-likeness (QED) is 0.751. The minimum Gasteiger partial charge on any atom is -0.392 e. The van der Waals surface area contributed by atoms with Gasteiger partial charge in [0.1, 0.15) is 0 Å². The molecule has 0 amide bonds. The summed E-state index contributed by atoms with van der Waals surface area (Å²) < 4.78 is 0. The first-order valence-electron chi connectivity index (χ1n) is 6.42. The Balaban J connectivity index is 2.46. The van der Waals surface area contributed by atoms with Gasteiger partial charge in [-0.25, -0.2) is 0 Å². The second-order valence-corrected chi connectivity index (χ2v) is 5.69. The van der Waals surface area contributed by atoms with Gasteiger partial charge in [-0.1, -0.05) is 27.2 Å². The number of nitrogens with one attached hydrogen (secondary N) is 1. The number of rotatable bonds is 4. The molecule has 0 aromatic heterocycles. The summed E-state index contributed by atoms with van der Waals surface area (Å²) in [7, 11) is 0. The van der Waals surface area contributed by atoms with Crippen molar-refractivity contribution < 1.29 is 5.11 Å². The Morgan fingerprint density at radius 1 is 1.27 bits per heavy atom. The van der Waals surface area contributed by atoms with Crippen LogP contribution in [0.2, 0.25) is 0 Å². The molecule has 4 atom stereocenters. The fourth-order valence-electron chi connectivity index (χ4n) is 2.76. The molecule has 2 heteroatoms. The molecule has 0 bridgehead atoms. The van der Waals surface area contributed by atoms with Gasteiger partial charge in [0.25, 0.3) is 0 Å². The molecule has 0 heterocycles. The third-order valence-electron chi connectivity index (χ3n) is 3.70. The molecule has 0 spiro atoms. The van der Waals surface area contributed by atoms with E-state index in [0.717, 1.165) is 24.3 Å². The molecular weight excluding hydrogens is 186 g/mol. The highest BCUT2D eigenvalue weighted by Crippen LogP contribution is 2.33. The van der Waals surface area contributed by atoms with Crippen LogP contribution in [0.1, 0.15) is 47.0 Å². The van der Waals surface area contributed by atoms with Crippen molar-refractivity contribution in [2.75, 3.05) is 6.54 Å². The van der Waals surface area contributed by atoms with E-state index >= 15 is 0 Å². The molecule has 0 radical (unpaired) electrons. The summed E-state index contributed by atoms with van der Waals surface area (Å²) in [6.07, 6.45) is 3.76. The lowest BCUT2D eigenvalue weighted by molar-refractivity contribution is 0.138. The smallest absolute Gasteiger partial charge is 0.0636 e. The van der Waals surface area contributed by atoms with Crippen LogP contribution in [-0.4, -0.2) is 23.8 Å². The second-order valence-electron chi connectivity index (χ2n) is 5.69. The van der Waals surface area contributed by atoms with Gasteiger partial charge >= 0.3 is 0 Å². The highest BCUT2D eigenvalue weighted by Gasteiger charge is 2.30. The van der Waals surface area contributed by atoms with E-state index in [0.29, 0.717) is 6.04 Å². The van der Waals surface area contributed by atoms with E-state index < -0.39 is 0 Å². The third kappa shape index (κ3) is 4.12. The fraction of sp³-hybridized carbons (Fsp3) is 1.00. The van der Waals surface area contributed by atoms with Crippen LogP contribution in [-0.2, 0) is 0 Å². The molecule has 1 aliphatic rings. The molecular formula is C13H27NO. The molecule has 15 heavy (non-hydrogen) atoms. The normalized spacial score (nSPS) is 34.4. The second kappa shape index (κ2) is 5.86.